The Bertz CT molecular complexity index is 414. The van der Waals surface area contributed by atoms with Crippen LogP contribution in [0.2, 0.25) is 0 Å². The van der Waals surface area contributed by atoms with Gasteiger partial charge in [0, 0.05) is 0 Å². The Morgan fingerprint density at radius 2 is 2.00 bits per heavy atom. The van der Waals surface area contributed by atoms with Crippen molar-refractivity contribution < 1.29 is 13.2 Å². The van der Waals surface area contributed by atoms with Gasteiger partial charge >= 0.3 is 0 Å². The van der Waals surface area contributed by atoms with Crippen LogP contribution >= 0.6 is 0 Å². The molecule has 92 valence electrons. The van der Waals surface area contributed by atoms with E-state index in [9.17, 15) is 13.2 Å². The second-order valence-electron chi connectivity index (χ2n) is 5.27. The number of amides is 1. The number of carbonyl (C=O) groups is 1. The number of rotatable bonds is 4. The fourth-order valence-corrected chi connectivity index (χ4v) is 3.45. The highest BCUT2D eigenvalue weighted by atomic mass is 32.2. The standard InChI is InChI=1S/C10H18N2O3S/c1-6(2)8-5-10(8,11)9(13)12-16(14,15)7-3-4-7/h6-8H,3-5,11H2,1-2H3,(H,12,13). The molecule has 2 unspecified atom stereocenters. The van der Waals surface area contributed by atoms with E-state index in [2.05, 4.69) is 4.72 Å². The predicted molar refractivity (Wildman–Crippen MR) is 59.9 cm³/mol. The van der Waals surface area contributed by atoms with Crippen LogP contribution in [0, 0.1) is 11.8 Å². The summed E-state index contributed by atoms with van der Waals surface area (Å²) in [5.74, 6) is -0.126. The minimum Gasteiger partial charge on any atom is -0.317 e. The zero-order chi connectivity index (χ0) is 12.1. The number of hydrogen-bond donors (Lipinski definition) is 2. The lowest BCUT2D eigenvalue weighted by atomic mass is 10.0. The molecule has 0 aromatic heterocycles. The van der Waals surface area contributed by atoms with E-state index in [1.54, 1.807) is 0 Å². The van der Waals surface area contributed by atoms with Crippen molar-refractivity contribution >= 4 is 15.9 Å². The molecular formula is C10H18N2O3S. The van der Waals surface area contributed by atoms with Gasteiger partial charge in [-0.3, -0.25) is 9.52 Å². The van der Waals surface area contributed by atoms with Gasteiger partial charge in [0.25, 0.3) is 5.91 Å². The van der Waals surface area contributed by atoms with E-state index < -0.39 is 21.5 Å². The Hall–Kier alpha value is -0.620. The highest BCUT2D eigenvalue weighted by molar-refractivity contribution is 7.90. The summed E-state index contributed by atoms with van der Waals surface area (Å²) in [4.78, 5) is 11.8. The van der Waals surface area contributed by atoms with Crippen molar-refractivity contribution in [1.29, 1.82) is 0 Å². The van der Waals surface area contributed by atoms with Gasteiger partial charge in [-0.25, -0.2) is 8.42 Å². The lowest BCUT2D eigenvalue weighted by molar-refractivity contribution is -0.122. The molecule has 0 bridgehead atoms. The van der Waals surface area contributed by atoms with Crippen molar-refractivity contribution in [2.45, 2.75) is 43.9 Å². The van der Waals surface area contributed by atoms with Gasteiger partial charge in [0.1, 0.15) is 0 Å². The summed E-state index contributed by atoms with van der Waals surface area (Å²) in [5, 5.41) is -0.378. The molecular weight excluding hydrogens is 228 g/mol. The Morgan fingerprint density at radius 3 is 2.38 bits per heavy atom. The molecule has 2 aliphatic rings. The molecule has 2 aliphatic carbocycles. The summed E-state index contributed by atoms with van der Waals surface area (Å²) in [6, 6.07) is 0. The molecule has 0 saturated heterocycles. The molecule has 5 nitrogen and oxygen atoms in total. The third-order valence-corrected chi connectivity index (χ3v) is 5.30. The molecule has 0 aromatic carbocycles. The van der Waals surface area contributed by atoms with E-state index in [1.165, 1.54) is 0 Å². The summed E-state index contributed by atoms with van der Waals surface area (Å²) in [5.41, 5.74) is 4.92. The summed E-state index contributed by atoms with van der Waals surface area (Å²) < 4.78 is 25.2. The maximum atomic E-state index is 11.8. The van der Waals surface area contributed by atoms with Gasteiger partial charge in [-0.2, -0.15) is 0 Å². The molecule has 0 spiro atoms. The normalized spacial score (nSPS) is 33.9. The summed E-state index contributed by atoms with van der Waals surface area (Å²) >= 11 is 0. The van der Waals surface area contributed by atoms with Gasteiger partial charge in [-0.05, 0) is 31.1 Å². The third-order valence-electron chi connectivity index (χ3n) is 3.48. The zero-order valence-corrected chi connectivity index (χ0v) is 10.4. The highest BCUT2D eigenvalue weighted by Crippen LogP contribution is 2.46. The van der Waals surface area contributed by atoms with Crippen molar-refractivity contribution in [1.82, 2.24) is 4.72 Å². The van der Waals surface area contributed by atoms with Crippen LogP contribution in [0.3, 0.4) is 0 Å². The fraction of sp³-hybridized carbons (Fsp3) is 0.900. The third kappa shape index (κ3) is 1.96. The zero-order valence-electron chi connectivity index (χ0n) is 9.56. The van der Waals surface area contributed by atoms with E-state index in [0.717, 1.165) is 0 Å². The molecule has 1 amide bonds. The highest BCUT2D eigenvalue weighted by Gasteiger charge is 2.59. The first kappa shape index (κ1) is 11.9. The lowest BCUT2D eigenvalue weighted by Gasteiger charge is -2.13. The van der Waals surface area contributed by atoms with Gasteiger partial charge in [0.2, 0.25) is 10.0 Å². The van der Waals surface area contributed by atoms with Crippen LogP contribution in [0.4, 0.5) is 0 Å². The number of carbonyl (C=O) groups excluding carboxylic acids is 1. The van der Waals surface area contributed by atoms with Gasteiger partial charge < -0.3 is 5.73 Å². The molecule has 6 heteroatoms. The molecule has 16 heavy (non-hydrogen) atoms. The fourth-order valence-electron chi connectivity index (χ4n) is 2.08. The first-order chi connectivity index (χ1) is 7.27. The van der Waals surface area contributed by atoms with Crippen LogP contribution in [-0.2, 0) is 14.8 Å². The van der Waals surface area contributed by atoms with E-state index >= 15 is 0 Å². The minimum atomic E-state index is -3.46. The molecule has 2 rings (SSSR count). The van der Waals surface area contributed by atoms with Gasteiger partial charge in [-0.15, -0.1) is 0 Å². The smallest absolute Gasteiger partial charge is 0.253 e. The molecule has 0 radical (unpaired) electrons. The maximum Gasteiger partial charge on any atom is 0.253 e. The minimum absolute atomic E-state index is 0.0990. The average molecular weight is 246 g/mol. The lowest BCUT2D eigenvalue weighted by Crippen LogP contribution is -2.48. The molecule has 2 atom stereocenters. The Labute approximate surface area is 95.8 Å². The van der Waals surface area contributed by atoms with Gasteiger partial charge in [0.05, 0.1) is 10.8 Å². The largest absolute Gasteiger partial charge is 0.317 e. The van der Waals surface area contributed by atoms with Gasteiger partial charge in [0.15, 0.2) is 0 Å². The molecule has 3 N–H and O–H groups in total. The van der Waals surface area contributed by atoms with Crippen molar-refractivity contribution in [2.24, 2.45) is 17.6 Å². The summed E-state index contributed by atoms with van der Waals surface area (Å²) in [6.07, 6.45) is 1.87. The SMILES string of the molecule is CC(C)C1CC1(N)C(=O)NS(=O)(=O)C1CC1. The average Bonchev–Trinajstić information content (AvgIpc) is 2.95. The summed E-state index contributed by atoms with van der Waals surface area (Å²) in [7, 11) is -3.46. The van der Waals surface area contributed by atoms with E-state index in [1.807, 2.05) is 13.8 Å². The topological polar surface area (TPSA) is 89.3 Å². The summed E-state index contributed by atoms with van der Waals surface area (Å²) in [6.45, 7) is 3.98. The monoisotopic (exact) mass is 246 g/mol. The van der Waals surface area contributed by atoms with E-state index in [0.29, 0.717) is 25.2 Å². The molecule has 2 fully saturated rings. The number of hydrogen-bond acceptors (Lipinski definition) is 4. The Balaban J connectivity index is 2.00. The van der Waals surface area contributed by atoms with E-state index in [-0.39, 0.29) is 11.2 Å². The Morgan fingerprint density at radius 1 is 1.44 bits per heavy atom. The molecule has 0 aromatic rings. The van der Waals surface area contributed by atoms with Crippen molar-refractivity contribution in [2.75, 3.05) is 0 Å². The maximum absolute atomic E-state index is 11.8. The number of nitrogens with two attached hydrogens (primary N) is 1. The van der Waals surface area contributed by atoms with Crippen molar-refractivity contribution in [3.05, 3.63) is 0 Å². The second kappa shape index (κ2) is 3.43. The molecule has 2 saturated carbocycles. The van der Waals surface area contributed by atoms with Crippen LogP contribution in [0.15, 0.2) is 0 Å². The first-order valence-electron chi connectivity index (χ1n) is 5.62. The van der Waals surface area contributed by atoms with Gasteiger partial charge in [-0.1, -0.05) is 13.8 Å². The van der Waals surface area contributed by atoms with Crippen LogP contribution in [0.25, 0.3) is 0 Å². The predicted octanol–water partition coefficient (Wildman–Crippen LogP) is -0.0318. The number of sulfonamides is 1. The quantitative estimate of drug-likeness (QED) is 0.729. The number of nitrogens with one attached hydrogen (secondary N) is 1. The van der Waals surface area contributed by atoms with Crippen LogP contribution in [0.1, 0.15) is 33.1 Å². The van der Waals surface area contributed by atoms with Crippen LogP contribution < -0.4 is 10.5 Å². The molecule has 0 heterocycles. The Kier molecular flexibility index (Phi) is 2.54. The molecule has 0 aliphatic heterocycles. The van der Waals surface area contributed by atoms with E-state index in [4.69, 9.17) is 5.73 Å². The second-order valence-corrected chi connectivity index (χ2v) is 7.23. The van der Waals surface area contributed by atoms with Crippen LogP contribution in [0.5, 0.6) is 0 Å². The van der Waals surface area contributed by atoms with Crippen molar-refractivity contribution in [3.8, 4) is 0 Å². The van der Waals surface area contributed by atoms with Crippen LogP contribution in [-0.4, -0.2) is 25.1 Å². The van der Waals surface area contributed by atoms with Crippen molar-refractivity contribution in [3.63, 3.8) is 0 Å². The first-order valence-corrected chi connectivity index (χ1v) is 7.17.